The lowest BCUT2D eigenvalue weighted by molar-refractivity contribution is 1.25. The van der Waals surface area contributed by atoms with E-state index in [1.165, 1.54) is 0 Å². The molecule has 1 aromatic rings. The third-order valence-electron chi connectivity index (χ3n) is 2.28. The Morgan fingerprint density at radius 3 is 2.29 bits per heavy atom. The van der Waals surface area contributed by atoms with Crippen LogP contribution < -0.4 is 22.1 Å². The van der Waals surface area contributed by atoms with Crippen molar-refractivity contribution in [2.24, 2.45) is 10.7 Å². The second-order valence-electron chi connectivity index (χ2n) is 3.72. The van der Waals surface area contributed by atoms with Crippen LogP contribution in [-0.2, 0) is 0 Å². The van der Waals surface area contributed by atoms with E-state index < -0.39 is 0 Å². The molecule has 0 unspecified atom stereocenters. The zero-order valence-electron chi connectivity index (χ0n) is 10.2. The number of anilines is 2. The molecule has 0 heterocycles. The van der Waals surface area contributed by atoms with E-state index in [2.05, 4.69) is 15.6 Å². The van der Waals surface area contributed by atoms with E-state index in [1.54, 1.807) is 7.05 Å². The number of guanidine groups is 1. The van der Waals surface area contributed by atoms with Gasteiger partial charge in [0.1, 0.15) is 0 Å². The molecule has 0 saturated carbocycles. The Hall–Kier alpha value is -1.82. The van der Waals surface area contributed by atoms with Gasteiger partial charge in [-0.15, -0.1) is 0 Å². The van der Waals surface area contributed by atoms with Crippen molar-refractivity contribution >= 4 is 34.7 Å². The molecule has 0 amide bonds. The number of nitrogens with one attached hydrogen (secondary N) is 2. The average molecular weight is 251 g/mol. The maximum atomic E-state index is 5.75. The van der Waals surface area contributed by atoms with Crippen molar-refractivity contribution in [3.8, 4) is 0 Å². The number of rotatable bonds is 1. The van der Waals surface area contributed by atoms with Crippen molar-refractivity contribution in [3.05, 3.63) is 23.3 Å². The minimum atomic E-state index is 0.272. The van der Waals surface area contributed by atoms with Gasteiger partial charge in [-0.1, -0.05) is 0 Å². The fourth-order valence-corrected chi connectivity index (χ4v) is 1.72. The molecule has 0 aliphatic rings. The van der Waals surface area contributed by atoms with E-state index in [9.17, 15) is 0 Å². The zero-order valence-corrected chi connectivity index (χ0v) is 11.0. The predicted octanol–water partition coefficient (Wildman–Crippen LogP) is 1.12. The van der Waals surface area contributed by atoms with Crippen molar-refractivity contribution in [1.29, 1.82) is 0 Å². The molecule has 6 heteroatoms. The minimum absolute atomic E-state index is 0.272. The van der Waals surface area contributed by atoms with Gasteiger partial charge >= 0.3 is 0 Å². The van der Waals surface area contributed by atoms with Crippen LogP contribution in [0.5, 0.6) is 0 Å². The lowest BCUT2D eigenvalue weighted by atomic mass is 10.1. The Balaban J connectivity index is 2.85. The molecule has 0 fully saturated rings. The summed E-state index contributed by atoms with van der Waals surface area (Å²) in [7, 11) is 1.59. The number of hydrogen-bond acceptors (Lipinski definition) is 3. The first-order valence-corrected chi connectivity index (χ1v) is 5.52. The first kappa shape index (κ1) is 13.2. The van der Waals surface area contributed by atoms with Crippen molar-refractivity contribution < 1.29 is 0 Å². The number of benzene rings is 1. The normalized spacial score (nSPS) is 11.1. The summed E-state index contributed by atoms with van der Waals surface area (Å²) in [5, 5.41) is 6.25. The smallest absolute Gasteiger partial charge is 0.194 e. The molecular weight excluding hydrogens is 234 g/mol. The summed E-state index contributed by atoms with van der Waals surface area (Å²) >= 11 is 5.12. The van der Waals surface area contributed by atoms with Gasteiger partial charge < -0.3 is 22.1 Å². The molecule has 0 saturated heterocycles. The molecule has 0 atom stereocenters. The summed E-state index contributed by atoms with van der Waals surface area (Å²) in [5.41, 5.74) is 15.0. The van der Waals surface area contributed by atoms with E-state index in [0.717, 1.165) is 22.5 Å². The quantitative estimate of drug-likeness (QED) is 0.260. The number of hydrogen-bond donors (Lipinski definition) is 4. The van der Waals surface area contributed by atoms with Crippen molar-refractivity contribution in [2.75, 3.05) is 18.1 Å². The first-order chi connectivity index (χ1) is 7.93. The van der Waals surface area contributed by atoms with E-state index in [0.29, 0.717) is 5.11 Å². The summed E-state index contributed by atoms with van der Waals surface area (Å²) in [5.74, 6) is 0.272. The van der Waals surface area contributed by atoms with Crippen LogP contribution in [0.3, 0.4) is 0 Å². The minimum Gasteiger partial charge on any atom is -0.399 e. The van der Waals surface area contributed by atoms with Gasteiger partial charge in [-0.25, -0.2) is 0 Å². The molecule has 0 aliphatic heterocycles. The number of nitrogens with two attached hydrogens (primary N) is 2. The Morgan fingerprint density at radius 2 is 1.82 bits per heavy atom. The van der Waals surface area contributed by atoms with Crippen molar-refractivity contribution in [1.82, 2.24) is 5.32 Å². The maximum absolute atomic E-state index is 5.75. The Morgan fingerprint density at radius 1 is 1.29 bits per heavy atom. The molecule has 92 valence electrons. The van der Waals surface area contributed by atoms with E-state index in [1.807, 2.05) is 26.0 Å². The summed E-state index contributed by atoms with van der Waals surface area (Å²) in [6.07, 6.45) is 0. The van der Waals surface area contributed by atoms with Crippen LogP contribution >= 0.6 is 12.2 Å². The second kappa shape index (κ2) is 5.49. The highest BCUT2D eigenvalue weighted by Gasteiger charge is 2.06. The molecule has 0 aliphatic carbocycles. The standard InChI is InChI=1S/C11H17N5S/c1-6-4-8(12)5-7(2)9(6)15-11(17)16-10(13)14-3/h4-5H,12H2,1-3H3,(H4,13,14,15,16,17). The SMILES string of the molecule is CN=C(N)NC(=S)Nc1c(C)cc(N)cc1C. The van der Waals surface area contributed by atoms with Crippen LogP contribution in [0.25, 0.3) is 0 Å². The van der Waals surface area contributed by atoms with Gasteiger partial charge in [-0.3, -0.25) is 4.99 Å². The molecule has 0 bridgehead atoms. The van der Waals surface area contributed by atoms with Gasteiger partial charge in [0.2, 0.25) is 0 Å². The maximum Gasteiger partial charge on any atom is 0.194 e. The Bertz CT molecular complexity index is 444. The van der Waals surface area contributed by atoms with Crippen LogP contribution in [-0.4, -0.2) is 18.1 Å². The monoisotopic (exact) mass is 251 g/mol. The molecule has 17 heavy (non-hydrogen) atoms. The van der Waals surface area contributed by atoms with Crippen molar-refractivity contribution in [3.63, 3.8) is 0 Å². The molecule has 0 aromatic heterocycles. The molecular formula is C11H17N5S. The highest BCUT2D eigenvalue weighted by Crippen LogP contribution is 2.23. The first-order valence-electron chi connectivity index (χ1n) is 5.11. The van der Waals surface area contributed by atoms with Crippen LogP contribution in [0.1, 0.15) is 11.1 Å². The molecule has 6 N–H and O–H groups in total. The van der Waals surface area contributed by atoms with Crippen LogP contribution in [0, 0.1) is 13.8 Å². The molecule has 1 rings (SSSR count). The summed E-state index contributed by atoms with van der Waals surface area (Å²) < 4.78 is 0. The average Bonchev–Trinajstić information content (AvgIpc) is 2.23. The summed E-state index contributed by atoms with van der Waals surface area (Å²) in [6, 6.07) is 3.77. The van der Waals surface area contributed by atoms with E-state index in [4.69, 9.17) is 23.7 Å². The molecule has 5 nitrogen and oxygen atoms in total. The highest BCUT2D eigenvalue weighted by molar-refractivity contribution is 7.80. The van der Waals surface area contributed by atoms with Gasteiger partial charge in [0, 0.05) is 18.4 Å². The molecule has 0 radical (unpaired) electrons. The fourth-order valence-electron chi connectivity index (χ4n) is 1.51. The second-order valence-corrected chi connectivity index (χ2v) is 4.13. The van der Waals surface area contributed by atoms with E-state index in [-0.39, 0.29) is 5.96 Å². The molecule has 0 spiro atoms. The number of thiocarbonyl (C=S) groups is 1. The highest BCUT2D eigenvalue weighted by atomic mass is 32.1. The Kier molecular flexibility index (Phi) is 4.28. The van der Waals surface area contributed by atoms with Gasteiger partial charge in [-0.2, -0.15) is 0 Å². The van der Waals surface area contributed by atoms with Crippen molar-refractivity contribution in [2.45, 2.75) is 13.8 Å². The lowest BCUT2D eigenvalue weighted by Gasteiger charge is -2.15. The van der Waals surface area contributed by atoms with Gasteiger partial charge in [0.05, 0.1) is 0 Å². The number of nitrogens with zero attached hydrogens (tertiary/aromatic N) is 1. The largest absolute Gasteiger partial charge is 0.399 e. The third kappa shape index (κ3) is 3.60. The topological polar surface area (TPSA) is 88.5 Å². The molecule has 1 aromatic carbocycles. The number of aliphatic imine (C=N–C) groups is 1. The Labute approximate surface area is 106 Å². The predicted molar refractivity (Wildman–Crippen MR) is 77.2 cm³/mol. The van der Waals surface area contributed by atoms with Gasteiger partial charge in [0.25, 0.3) is 0 Å². The van der Waals surface area contributed by atoms with Crippen LogP contribution in [0.4, 0.5) is 11.4 Å². The van der Waals surface area contributed by atoms with Crippen LogP contribution in [0.15, 0.2) is 17.1 Å². The summed E-state index contributed by atoms with van der Waals surface area (Å²) in [4.78, 5) is 3.76. The number of aryl methyl sites for hydroxylation is 2. The van der Waals surface area contributed by atoms with Gasteiger partial charge in [-0.05, 0) is 49.3 Å². The number of nitrogen functional groups attached to an aromatic ring is 1. The van der Waals surface area contributed by atoms with E-state index >= 15 is 0 Å². The summed E-state index contributed by atoms with van der Waals surface area (Å²) in [6.45, 7) is 3.93. The van der Waals surface area contributed by atoms with Crippen LogP contribution in [0.2, 0.25) is 0 Å². The lowest BCUT2D eigenvalue weighted by Crippen LogP contribution is -2.39. The fraction of sp³-hybridized carbons (Fsp3) is 0.273. The zero-order chi connectivity index (χ0) is 13.0. The van der Waals surface area contributed by atoms with Gasteiger partial charge in [0.15, 0.2) is 11.1 Å². The third-order valence-corrected chi connectivity index (χ3v) is 2.48.